The molecule has 0 bridgehead atoms. The van der Waals surface area contributed by atoms with E-state index in [0.717, 1.165) is 21.3 Å². The molecule has 2 fully saturated rings. The maximum absolute atomic E-state index is 12.9. The Kier molecular flexibility index (Phi) is 22.4. The molecule has 2 aliphatic rings. The first-order chi connectivity index (χ1) is 35.4. The van der Waals surface area contributed by atoms with Gasteiger partial charge in [0.05, 0.1) is 41.5 Å². The van der Waals surface area contributed by atoms with E-state index >= 15 is 0 Å². The summed E-state index contributed by atoms with van der Waals surface area (Å²) in [5.41, 5.74) is -1.51. The lowest BCUT2D eigenvalue weighted by atomic mass is 9.86. The maximum atomic E-state index is 12.9. The number of rotatable bonds is 20. The van der Waals surface area contributed by atoms with Gasteiger partial charge in [-0.05, 0) is 72.5 Å². The lowest BCUT2D eigenvalue weighted by Gasteiger charge is -2.44. The predicted molar refractivity (Wildman–Crippen MR) is 257 cm³/mol. The number of carboxylic acids is 2. The Hall–Kier alpha value is -7.56. The van der Waals surface area contributed by atoms with E-state index < -0.39 is 46.8 Å². The summed E-state index contributed by atoms with van der Waals surface area (Å²) in [4.78, 5) is 110. The number of aromatic nitrogens is 8. The van der Waals surface area contributed by atoms with Gasteiger partial charge in [-0.1, -0.05) is 36.4 Å². The monoisotopic (exact) mass is 1040 g/mol. The van der Waals surface area contributed by atoms with E-state index in [9.17, 15) is 28.8 Å². The molecule has 2 amide bonds. The maximum Gasteiger partial charge on any atom is 0.414 e. The number of benzene rings is 2. The van der Waals surface area contributed by atoms with Gasteiger partial charge in [0.15, 0.2) is 11.1 Å². The molecule has 0 spiro atoms. The average molecular weight is 1040 g/mol. The molecule has 74 heavy (non-hydrogen) atoms. The number of hydroxylamine groups is 4. The number of para-hydroxylation sites is 2. The number of tetrazole rings is 2. The molecule has 2 aliphatic heterocycles. The van der Waals surface area contributed by atoms with Crippen molar-refractivity contribution < 1.29 is 67.6 Å². The highest BCUT2D eigenvalue weighted by atomic mass is 16.7. The Morgan fingerprint density at radius 1 is 0.541 bits per heavy atom. The van der Waals surface area contributed by atoms with Crippen molar-refractivity contribution in [3.05, 3.63) is 80.6 Å². The fourth-order valence-electron chi connectivity index (χ4n) is 8.36. The third-order valence-corrected chi connectivity index (χ3v) is 12.4. The molecular weight excluding hydrogens is 977 g/mol. The highest BCUT2D eigenvalue weighted by molar-refractivity contribution is 6.27. The molecule has 0 saturated carbocycles. The molecule has 2 N–H and O–H groups in total. The van der Waals surface area contributed by atoms with Crippen molar-refractivity contribution in [1.29, 1.82) is 0 Å². The number of carbonyl (C=O) groups is 6. The molecule has 28 nitrogen and oxygen atoms in total. The van der Waals surface area contributed by atoms with Gasteiger partial charge in [-0.3, -0.25) is 19.3 Å². The van der Waals surface area contributed by atoms with Crippen LogP contribution in [0.15, 0.2) is 58.1 Å². The number of esters is 2. The SMILES string of the molecule is CCn1nnn(CCN2CCC(C(=O)OC)(N(OCc3ccccc3OC)C(C)=O)CC2)c1=O.CCn1nnn(CCN2CCC(C(=O)OC)(N(OCc3ccccc3OC)C(C)=O)CC2)c1=O.O=C(O)C(=O)O. The highest BCUT2D eigenvalue weighted by Crippen LogP contribution is 2.34. The molecule has 406 valence electrons. The van der Waals surface area contributed by atoms with Crippen molar-refractivity contribution in [2.75, 3.05) is 67.7 Å². The summed E-state index contributed by atoms with van der Waals surface area (Å²) in [5, 5.41) is 32.5. The average Bonchev–Trinajstić information content (AvgIpc) is 3.96. The lowest BCUT2D eigenvalue weighted by Crippen LogP contribution is -2.61. The number of hydrogen-bond donors (Lipinski definition) is 2. The number of nitrogens with zero attached hydrogens (tertiary/aromatic N) is 12. The summed E-state index contributed by atoms with van der Waals surface area (Å²) in [7, 11) is 5.73. The quantitative estimate of drug-likeness (QED) is 0.0672. The lowest BCUT2D eigenvalue weighted by molar-refractivity contribution is -0.240. The van der Waals surface area contributed by atoms with Crippen LogP contribution in [0, 0.1) is 0 Å². The van der Waals surface area contributed by atoms with E-state index in [2.05, 4.69) is 30.7 Å². The van der Waals surface area contributed by atoms with E-state index in [4.69, 9.17) is 48.4 Å². The Balaban J connectivity index is 0.000000289. The van der Waals surface area contributed by atoms with Crippen molar-refractivity contribution in [3.8, 4) is 11.5 Å². The summed E-state index contributed by atoms with van der Waals surface area (Å²) < 4.78 is 26.1. The Morgan fingerprint density at radius 2 is 0.865 bits per heavy atom. The normalized spacial score (nSPS) is 15.0. The number of piperidine rings is 2. The molecule has 0 radical (unpaired) electrons. The zero-order valence-electron chi connectivity index (χ0n) is 42.9. The van der Waals surface area contributed by atoms with Gasteiger partial charge in [0.25, 0.3) is 0 Å². The minimum atomic E-state index is -1.82. The summed E-state index contributed by atoms with van der Waals surface area (Å²) in [5.74, 6) is -4.22. The highest BCUT2D eigenvalue weighted by Gasteiger charge is 2.51. The van der Waals surface area contributed by atoms with Gasteiger partial charge in [0.2, 0.25) is 11.8 Å². The molecule has 2 aromatic heterocycles. The predicted octanol–water partition coefficient (Wildman–Crippen LogP) is 0.0680. The van der Waals surface area contributed by atoms with Gasteiger partial charge in [0.1, 0.15) is 24.7 Å². The molecule has 4 aromatic rings. The standard InChI is InChI=1S/2C22H32N6O6.C2H2O4/c2*1-5-26-21(31)27(24-23-26)15-14-25-12-10-22(11-13-25,20(30)33-4)28(17(2)29)34-16-18-8-6-7-9-19(18)32-3;3-1(4)2(5)6/h2*6-9H,5,10-16H2,1-4H3;(H,3,4)(H,5,6). The minimum absolute atomic E-state index is 0.0576. The van der Waals surface area contributed by atoms with Crippen LogP contribution < -0.4 is 20.9 Å². The Morgan fingerprint density at radius 3 is 1.14 bits per heavy atom. The van der Waals surface area contributed by atoms with Crippen molar-refractivity contribution >= 4 is 35.7 Å². The van der Waals surface area contributed by atoms with Crippen LogP contribution in [0.2, 0.25) is 0 Å². The molecule has 4 heterocycles. The third kappa shape index (κ3) is 14.8. The van der Waals surface area contributed by atoms with Crippen LogP contribution in [-0.4, -0.2) is 184 Å². The first-order valence-corrected chi connectivity index (χ1v) is 23.6. The number of amides is 2. The van der Waals surface area contributed by atoms with Crippen LogP contribution >= 0.6 is 0 Å². The second-order valence-electron chi connectivity index (χ2n) is 16.7. The number of ether oxygens (including phenoxy) is 4. The molecule has 0 atom stereocenters. The summed E-state index contributed by atoms with van der Waals surface area (Å²) in [6.07, 6.45) is 1.28. The van der Waals surface area contributed by atoms with Crippen LogP contribution in [0.4, 0.5) is 0 Å². The van der Waals surface area contributed by atoms with Gasteiger partial charge >= 0.3 is 35.3 Å². The first-order valence-electron chi connectivity index (χ1n) is 23.6. The van der Waals surface area contributed by atoms with Crippen molar-refractivity contribution in [3.63, 3.8) is 0 Å². The molecule has 6 rings (SSSR count). The zero-order valence-corrected chi connectivity index (χ0v) is 42.9. The molecule has 28 heteroatoms. The number of aliphatic carboxylic acids is 2. The Labute approximate surface area is 425 Å². The number of methoxy groups -OCH3 is 4. The van der Waals surface area contributed by atoms with Crippen LogP contribution in [0.3, 0.4) is 0 Å². The number of likely N-dealkylation sites (tertiary alicyclic amines) is 2. The topological polar surface area (TPSA) is 317 Å². The van der Waals surface area contributed by atoms with Gasteiger partial charge in [0, 0.05) is 77.3 Å². The molecule has 0 unspecified atom stereocenters. The number of carbonyl (C=O) groups excluding carboxylic acids is 4. The number of carboxylic acid groups (broad SMARTS) is 2. The smallest absolute Gasteiger partial charge is 0.414 e. The minimum Gasteiger partial charge on any atom is -0.496 e. The molecule has 2 saturated heterocycles. The largest absolute Gasteiger partial charge is 0.496 e. The third-order valence-electron chi connectivity index (χ3n) is 12.4. The Bertz CT molecular complexity index is 2450. The van der Waals surface area contributed by atoms with Crippen molar-refractivity contribution in [1.82, 2.24) is 59.5 Å². The molecule has 2 aromatic carbocycles. The summed E-state index contributed by atoms with van der Waals surface area (Å²) in [6, 6.07) is 14.6. The van der Waals surface area contributed by atoms with E-state index in [1.165, 1.54) is 46.8 Å². The van der Waals surface area contributed by atoms with Gasteiger partial charge in [-0.15, -0.1) is 0 Å². The van der Waals surface area contributed by atoms with Gasteiger partial charge in [-0.2, -0.15) is 18.7 Å². The number of aryl methyl sites for hydroxylation is 2. The van der Waals surface area contributed by atoms with E-state index in [-0.39, 0.29) is 24.6 Å². The fraction of sp³-hybridized carbons (Fsp3) is 0.565. The second kappa shape index (κ2) is 28.0. The fourth-order valence-corrected chi connectivity index (χ4v) is 8.36. The van der Waals surface area contributed by atoms with Crippen molar-refractivity contribution in [2.45, 2.75) is 104 Å². The van der Waals surface area contributed by atoms with Crippen LogP contribution in [-0.2, 0) is 87.3 Å². The van der Waals surface area contributed by atoms with E-state index in [1.807, 2.05) is 50.2 Å². The van der Waals surface area contributed by atoms with E-state index in [0.29, 0.717) is 103 Å². The van der Waals surface area contributed by atoms with Crippen LogP contribution in [0.5, 0.6) is 11.5 Å². The van der Waals surface area contributed by atoms with Gasteiger partial charge in [-0.25, -0.2) is 38.9 Å². The number of hydrogen-bond acceptors (Lipinski definition) is 20. The summed E-state index contributed by atoms with van der Waals surface area (Å²) in [6.45, 7) is 11.3. The molecular formula is C46H66N12O16. The van der Waals surface area contributed by atoms with Gasteiger partial charge < -0.3 is 39.0 Å². The first kappa shape index (κ1) is 59.0. The van der Waals surface area contributed by atoms with Crippen LogP contribution in [0.1, 0.15) is 64.5 Å². The van der Waals surface area contributed by atoms with Crippen molar-refractivity contribution in [2.24, 2.45) is 0 Å². The zero-order chi connectivity index (χ0) is 54.6. The van der Waals surface area contributed by atoms with E-state index in [1.54, 1.807) is 26.4 Å². The molecule has 0 aliphatic carbocycles. The second-order valence-corrected chi connectivity index (χ2v) is 16.7. The summed E-state index contributed by atoms with van der Waals surface area (Å²) >= 11 is 0. The van der Waals surface area contributed by atoms with Crippen LogP contribution in [0.25, 0.3) is 0 Å².